The van der Waals surface area contributed by atoms with E-state index in [-0.39, 0.29) is 24.2 Å². The van der Waals surface area contributed by atoms with Crippen LogP contribution in [0.2, 0.25) is 5.02 Å². The highest BCUT2D eigenvalue weighted by Crippen LogP contribution is 2.49. The molecule has 2 N–H and O–H groups in total. The number of benzene rings is 1. The first kappa shape index (κ1) is 13.9. The Balaban J connectivity index is 1.78. The van der Waals surface area contributed by atoms with Crippen molar-refractivity contribution in [3.63, 3.8) is 0 Å². The molecule has 0 bridgehead atoms. The van der Waals surface area contributed by atoms with Crippen molar-refractivity contribution in [3.8, 4) is 0 Å². The van der Waals surface area contributed by atoms with Crippen molar-refractivity contribution in [1.29, 1.82) is 0 Å². The van der Waals surface area contributed by atoms with Gasteiger partial charge in [0, 0.05) is 23.9 Å². The maximum atomic E-state index is 11.8. The van der Waals surface area contributed by atoms with Gasteiger partial charge in [0.15, 0.2) is 0 Å². The lowest BCUT2D eigenvalue weighted by molar-refractivity contribution is -0.137. The molecule has 0 aromatic heterocycles. The molecule has 0 heterocycles. The lowest BCUT2D eigenvalue weighted by Crippen LogP contribution is -2.26. The van der Waals surface area contributed by atoms with Crippen molar-refractivity contribution >= 4 is 23.5 Å². The molecule has 1 saturated carbocycles. The summed E-state index contributed by atoms with van der Waals surface area (Å²) in [5.41, 5.74) is 1.02. The van der Waals surface area contributed by atoms with Crippen LogP contribution >= 0.6 is 11.6 Å². The van der Waals surface area contributed by atoms with E-state index >= 15 is 0 Å². The molecule has 0 aliphatic heterocycles. The molecular formula is C14H16ClNO3. The average molecular weight is 282 g/mol. The van der Waals surface area contributed by atoms with E-state index in [4.69, 9.17) is 16.7 Å². The molecule has 0 saturated heterocycles. The minimum Gasteiger partial charge on any atom is -0.481 e. The smallest absolute Gasteiger partial charge is 0.303 e. The number of nitrogens with one attached hydrogen (secondary N) is 1. The molecule has 19 heavy (non-hydrogen) atoms. The van der Waals surface area contributed by atoms with Gasteiger partial charge in [0.1, 0.15) is 0 Å². The SMILES string of the molecule is O=C(O)CCCNC(=O)[C@@H]1C[C@@H]1c1ccccc1Cl. The van der Waals surface area contributed by atoms with Gasteiger partial charge in [0.25, 0.3) is 0 Å². The molecule has 0 radical (unpaired) electrons. The third kappa shape index (κ3) is 3.70. The van der Waals surface area contributed by atoms with Gasteiger partial charge in [0.2, 0.25) is 5.91 Å². The maximum absolute atomic E-state index is 11.8. The first-order chi connectivity index (χ1) is 9.09. The Morgan fingerprint density at radius 3 is 2.79 bits per heavy atom. The van der Waals surface area contributed by atoms with Gasteiger partial charge in [-0.05, 0) is 30.4 Å². The standard InChI is InChI=1S/C14H16ClNO3/c15-12-5-2-1-4-9(12)10-8-11(10)14(19)16-7-3-6-13(17)18/h1-2,4-5,10-11H,3,6-8H2,(H,16,19)(H,17,18)/t10-,11-/m1/s1. The van der Waals surface area contributed by atoms with Gasteiger partial charge in [-0.1, -0.05) is 29.8 Å². The number of carbonyl (C=O) groups excluding carboxylic acids is 1. The minimum atomic E-state index is -0.838. The van der Waals surface area contributed by atoms with E-state index in [2.05, 4.69) is 5.32 Å². The van der Waals surface area contributed by atoms with Crippen molar-refractivity contribution in [2.75, 3.05) is 6.54 Å². The molecule has 1 aromatic carbocycles. The van der Waals surface area contributed by atoms with E-state index in [9.17, 15) is 9.59 Å². The summed E-state index contributed by atoms with van der Waals surface area (Å²) < 4.78 is 0. The highest BCUT2D eigenvalue weighted by atomic mass is 35.5. The molecule has 1 aliphatic carbocycles. The number of halogens is 1. The van der Waals surface area contributed by atoms with Gasteiger partial charge < -0.3 is 10.4 Å². The van der Waals surface area contributed by atoms with Crippen molar-refractivity contribution in [1.82, 2.24) is 5.32 Å². The lowest BCUT2D eigenvalue weighted by atomic mass is 10.1. The van der Waals surface area contributed by atoms with Crippen LogP contribution in [0, 0.1) is 5.92 Å². The Morgan fingerprint density at radius 1 is 1.37 bits per heavy atom. The number of hydrogen-bond acceptors (Lipinski definition) is 2. The molecule has 1 aliphatic rings. The fourth-order valence-corrected chi connectivity index (χ4v) is 2.46. The molecular weight excluding hydrogens is 266 g/mol. The predicted molar refractivity (Wildman–Crippen MR) is 72.2 cm³/mol. The van der Waals surface area contributed by atoms with Gasteiger partial charge >= 0.3 is 5.97 Å². The van der Waals surface area contributed by atoms with Crippen molar-refractivity contribution in [2.24, 2.45) is 5.92 Å². The van der Waals surface area contributed by atoms with Crippen LogP contribution in [0.5, 0.6) is 0 Å². The Morgan fingerprint density at radius 2 is 2.11 bits per heavy atom. The molecule has 1 aromatic rings. The van der Waals surface area contributed by atoms with Crippen molar-refractivity contribution < 1.29 is 14.7 Å². The summed E-state index contributed by atoms with van der Waals surface area (Å²) in [6.07, 6.45) is 1.36. The molecule has 4 nitrogen and oxygen atoms in total. The highest BCUT2D eigenvalue weighted by Gasteiger charge is 2.44. The van der Waals surface area contributed by atoms with Crippen LogP contribution < -0.4 is 5.32 Å². The van der Waals surface area contributed by atoms with Crippen LogP contribution in [0.3, 0.4) is 0 Å². The average Bonchev–Trinajstić information content (AvgIpc) is 3.15. The number of amides is 1. The first-order valence-corrected chi connectivity index (χ1v) is 6.71. The first-order valence-electron chi connectivity index (χ1n) is 6.33. The van der Waals surface area contributed by atoms with E-state index in [1.165, 1.54) is 0 Å². The van der Waals surface area contributed by atoms with Gasteiger partial charge in [0.05, 0.1) is 0 Å². The zero-order valence-electron chi connectivity index (χ0n) is 10.4. The zero-order valence-corrected chi connectivity index (χ0v) is 11.2. The Hall–Kier alpha value is -1.55. The molecule has 2 atom stereocenters. The van der Waals surface area contributed by atoms with Gasteiger partial charge in [-0.2, -0.15) is 0 Å². The fraction of sp³-hybridized carbons (Fsp3) is 0.429. The Kier molecular flexibility index (Phi) is 4.43. The molecule has 1 fully saturated rings. The number of aliphatic carboxylic acids is 1. The zero-order chi connectivity index (χ0) is 13.8. The number of hydrogen-bond donors (Lipinski definition) is 2. The number of carboxylic acid groups (broad SMARTS) is 1. The summed E-state index contributed by atoms with van der Waals surface area (Å²) in [6.45, 7) is 0.414. The lowest BCUT2D eigenvalue weighted by Gasteiger charge is -2.05. The van der Waals surface area contributed by atoms with Gasteiger partial charge in [-0.25, -0.2) is 0 Å². The van der Waals surface area contributed by atoms with Gasteiger partial charge in [-0.15, -0.1) is 0 Å². The van der Waals surface area contributed by atoms with Crippen molar-refractivity contribution in [2.45, 2.75) is 25.2 Å². The second-order valence-electron chi connectivity index (χ2n) is 4.76. The normalized spacial score (nSPS) is 20.9. The van der Waals surface area contributed by atoms with E-state index in [0.717, 1.165) is 12.0 Å². The summed E-state index contributed by atoms with van der Waals surface area (Å²) in [5, 5.41) is 12.0. The Labute approximate surface area is 116 Å². The quantitative estimate of drug-likeness (QED) is 0.787. The predicted octanol–water partition coefficient (Wildman–Crippen LogP) is 2.42. The highest BCUT2D eigenvalue weighted by molar-refractivity contribution is 6.31. The summed E-state index contributed by atoms with van der Waals surface area (Å²) in [6, 6.07) is 7.57. The van der Waals surface area contributed by atoms with E-state index in [0.29, 0.717) is 18.0 Å². The molecule has 1 amide bonds. The summed E-state index contributed by atoms with van der Waals surface area (Å²) in [7, 11) is 0. The molecule has 5 heteroatoms. The summed E-state index contributed by atoms with van der Waals surface area (Å²) in [5.74, 6) is -0.664. The van der Waals surface area contributed by atoms with Crippen LogP contribution in [-0.4, -0.2) is 23.5 Å². The topological polar surface area (TPSA) is 66.4 Å². The fourth-order valence-electron chi connectivity index (χ4n) is 2.19. The van der Waals surface area contributed by atoms with Crippen LogP contribution in [0.15, 0.2) is 24.3 Å². The van der Waals surface area contributed by atoms with Crippen LogP contribution in [0.1, 0.15) is 30.7 Å². The Bertz CT molecular complexity index is 489. The van der Waals surface area contributed by atoms with Crippen LogP contribution in [0.25, 0.3) is 0 Å². The molecule has 0 spiro atoms. The third-order valence-corrected chi connectivity index (χ3v) is 3.64. The van der Waals surface area contributed by atoms with E-state index in [1.54, 1.807) is 0 Å². The second kappa shape index (κ2) is 6.06. The van der Waals surface area contributed by atoms with Crippen molar-refractivity contribution in [3.05, 3.63) is 34.9 Å². The van der Waals surface area contributed by atoms with E-state index in [1.807, 2.05) is 24.3 Å². The molecule has 0 unspecified atom stereocenters. The van der Waals surface area contributed by atoms with E-state index < -0.39 is 5.97 Å². The number of rotatable bonds is 6. The molecule has 102 valence electrons. The van der Waals surface area contributed by atoms with Gasteiger partial charge in [-0.3, -0.25) is 9.59 Å². The second-order valence-corrected chi connectivity index (χ2v) is 5.17. The van der Waals surface area contributed by atoms with Crippen LogP contribution in [0.4, 0.5) is 0 Å². The maximum Gasteiger partial charge on any atom is 0.303 e. The minimum absolute atomic E-state index is 0.00434. The monoisotopic (exact) mass is 281 g/mol. The summed E-state index contributed by atoms with van der Waals surface area (Å²) >= 11 is 6.09. The third-order valence-electron chi connectivity index (χ3n) is 3.30. The summed E-state index contributed by atoms with van der Waals surface area (Å²) in [4.78, 5) is 22.2. The molecule has 2 rings (SSSR count). The number of carbonyl (C=O) groups is 2. The van der Waals surface area contributed by atoms with Crippen LogP contribution in [-0.2, 0) is 9.59 Å². The largest absolute Gasteiger partial charge is 0.481 e. The number of carboxylic acids is 1.